The molecule has 0 radical (unpaired) electrons. The molecule has 2 rings (SSSR count). The summed E-state index contributed by atoms with van der Waals surface area (Å²) < 4.78 is 0.913. The second-order valence-corrected chi connectivity index (χ2v) is 5.43. The van der Waals surface area contributed by atoms with Crippen molar-refractivity contribution in [3.05, 3.63) is 79.8 Å². The number of hydrogen-bond acceptors (Lipinski definition) is 3. The highest BCUT2D eigenvalue weighted by molar-refractivity contribution is 9.10. The second-order valence-electron chi connectivity index (χ2n) is 4.51. The Morgan fingerprint density at radius 1 is 1.10 bits per heavy atom. The molecule has 0 spiro atoms. The van der Waals surface area contributed by atoms with Crippen LogP contribution < -0.4 is 0 Å². The van der Waals surface area contributed by atoms with Gasteiger partial charge in [-0.25, -0.2) is 0 Å². The van der Waals surface area contributed by atoms with Crippen LogP contribution in [0, 0.1) is 10.1 Å². The largest absolute Gasteiger partial charge is 0.289 e. The lowest BCUT2D eigenvalue weighted by Crippen LogP contribution is -2.00. The molecule has 0 amide bonds. The highest BCUT2D eigenvalue weighted by Gasteiger charge is 2.08. The molecule has 2 aromatic carbocycles. The summed E-state index contributed by atoms with van der Waals surface area (Å²) in [6.45, 7) is 1.73. The lowest BCUT2D eigenvalue weighted by Gasteiger charge is -2.02. The Morgan fingerprint density at radius 2 is 1.67 bits per heavy atom. The summed E-state index contributed by atoms with van der Waals surface area (Å²) in [4.78, 5) is 22.4. The minimum absolute atomic E-state index is 0.0315. The molecule has 0 bridgehead atoms. The molecule has 2 aromatic rings. The number of halogens is 1. The van der Waals surface area contributed by atoms with Crippen LogP contribution in [0.15, 0.2) is 58.6 Å². The second kappa shape index (κ2) is 6.45. The summed E-state index contributed by atoms with van der Waals surface area (Å²) in [5.74, 6) is -0.0687. The molecule has 21 heavy (non-hydrogen) atoms. The summed E-state index contributed by atoms with van der Waals surface area (Å²) in [5.41, 5.74) is 1.97. The van der Waals surface area contributed by atoms with Gasteiger partial charge in [-0.15, -0.1) is 0 Å². The molecule has 5 heteroatoms. The number of allylic oxidation sites excluding steroid dienone is 1. The summed E-state index contributed by atoms with van der Waals surface area (Å²) in [6.07, 6.45) is 1.72. The van der Waals surface area contributed by atoms with Gasteiger partial charge in [-0.2, -0.15) is 0 Å². The molecule has 0 heterocycles. The fourth-order valence-corrected chi connectivity index (χ4v) is 2.10. The number of carbonyl (C=O) groups is 1. The number of ketones is 1. The maximum absolute atomic E-state index is 12.2. The van der Waals surface area contributed by atoms with Crippen LogP contribution in [0.4, 0.5) is 5.69 Å². The topological polar surface area (TPSA) is 60.2 Å². The number of benzene rings is 2. The van der Waals surface area contributed by atoms with Gasteiger partial charge in [0.1, 0.15) is 0 Å². The van der Waals surface area contributed by atoms with Crippen LogP contribution in [0.2, 0.25) is 0 Å². The van der Waals surface area contributed by atoms with E-state index in [1.165, 1.54) is 12.1 Å². The third-order valence-corrected chi connectivity index (χ3v) is 3.48. The van der Waals surface area contributed by atoms with Crippen molar-refractivity contribution in [2.75, 3.05) is 0 Å². The van der Waals surface area contributed by atoms with Gasteiger partial charge < -0.3 is 0 Å². The fourth-order valence-electron chi connectivity index (χ4n) is 1.84. The van der Waals surface area contributed by atoms with Crippen LogP contribution in [0.25, 0.3) is 6.08 Å². The average Bonchev–Trinajstić information content (AvgIpc) is 2.47. The van der Waals surface area contributed by atoms with Gasteiger partial charge in [0, 0.05) is 22.2 Å². The average molecular weight is 346 g/mol. The standard InChI is InChI=1S/C16H12BrNO3/c1-11(16(19)13-4-6-14(17)7-5-13)10-12-2-8-15(9-3-12)18(20)21/h2-10H,1H3/b11-10+. The maximum atomic E-state index is 12.2. The van der Waals surface area contributed by atoms with Crippen LogP contribution in [0.1, 0.15) is 22.8 Å². The lowest BCUT2D eigenvalue weighted by atomic mass is 10.0. The SMILES string of the molecule is C/C(=C\c1ccc([N+](=O)[O-])cc1)C(=O)c1ccc(Br)cc1. The molecule has 4 nitrogen and oxygen atoms in total. The first-order valence-electron chi connectivity index (χ1n) is 6.20. The predicted octanol–water partition coefficient (Wildman–Crippen LogP) is 4.64. The van der Waals surface area contributed by atoms with Gasteiger partial charge in [-0.3, -0.25) is 14.9 Å². The van der Waals surface area contributed by atoms with Gasteiger partial charge >= 0.3 is 0 Å². The van der Waals surface area contributed by atoms with E-state index in [0.717, 1.165) is 10.0 Å². The Morgan fingerprint density at radius 3 is 2.19 bits per heavy atom. The van der Waals surface area contributed by atoms with Crippen molar-refractivity contribution in [3.8, 4) is 0 Å². The molecular formula is C16H12BrNO3. The molecule has 0 fully saturated rings. The third kappa shape index (κ3) is 3.86. The zero-order valence-electron chi connectivity index (χ0n) is 11.2. The van der Waals surface area contributed by atoms with Gasteiger partial charge in [0.2, 0.25) is 0 Å². The maximum Gasteiger partial charge on any atom is 0.269 e. The number of hydrogen-bond donors (Lipinski definition) is 0. The summed E-state index contributed by atoms with van der Waals surface area (Å²) >= 11 is 3.32. The minimum atomic E-state index is -0.451. The quantitative estimate of drug-likeness (QED) is 0.351. The number of non-ortho nitro benzene ring substituents is 1. The van der Waals surface area contributed by atoms with E-state index >= 15 is 0 Å². The normalized spacial score (nSPS) is 11.2. The highest BCUT2D eigenvalue weighted by atomic mass is 79.9. The molecule has 0 aliphatic rings. The molecule has 0 saturated carbocycles. The molecule has 0 aliphatic heterocycles. The molecule has 106 valence electrons. The molecule has 0 atom stereocenters. The number of rotatable bonds is 4. The van der Waals surface area contributed by atoms with Crippen molar-refractivity contribution in [2.45, 2.75) is 6.92 Å². The molecule has 0 N–H and O–H groups in total. The monoisotopic (exact) mass is 345 g/mol. The zero-order valence-corrected chi connectivity index (χ0v) is 12.8. The van der Waals surface area contributed by atoms with E-state index in [-0.39, 0.29) is 11.5 Å². The smallest absolute Gasteiger partial charge is 0.269 e. The first kappa shape index (κ1) is 15.1. The fraction of sp³-hybridized carbons (Fsp3) is 0.0625. The van der Waals surface area contributed by atoms with Crippen molar-refractivity contribution in [1.29, 1.82) is 0 Å². The van der Waals surface area contributed by atoms with Crippen molar-refractivity contribution >= 4 is 33.5 Å². The molecule has 0 unspecified atom stereocenters. The van der Waals surface area contributed by atoms with Crippen LogP contribution in [0.5, 0.6) is 0 Å². The number of nitro groups is 1. The number of Topliss-reactive ketones (excluding diaryl/α,β-unsaturated/α-hetero) is 1. The Labute approximate surface area is 130 Å². The van der Waals surface area contributed by atoms with Gasteiger partial charge in [0.15, 0.2) is 5.78 Å². The number of nitro benzene ring substituents is 1. The van der Waals surface area contributed by atoms with E-state index < -0.39 is 4.92 Å². The summed E-state index contributed by atoms with van der Waals surface area (Å²) in [6, 6.07) is 13.2. The summed E-state index contributed by atoms with van der Waals surface area (Å²) in [7, 11) is 0. The Bertz CT molecular complexity index is 703. The van der Waals surface area contributed by atoms with E-state index in [2.05, 4.69) is 15.9 Å². The van der Waals surface area contributed by atoms with E-state index in [0.29, 0.717) is 11.1 Å². The Balaban J connectivity index is 2.21. The first-order chi connectivity index (χ1) is 9.97. The van der Waals surface area contributed by atoms with E-state index in [9.17, 15) is 14.9 Å². The van der Waals surface area contributed by atoms with E-state index in [1.807, 2.05) is 12.1 Å². The minimum Gasteiger partial charge on any atom is -0.289 e. The van der Waals surface area contributed by atoms with Gasteiger partial charge in [0.25, 0.3) is 5.69 Å². The lowest BCUT2D eigenvalue weighted by molar-refractivity contribution is -0.384. The Hall–Kier alpha value is -2.27. The number of nitrogens with zero attached hydrogens (tertiary/aromatic N) is 1. The van der Waals surface area contributed by atoms with Gasteiger partial charge in [-0.05, 0) is 60.5 Å². The molecule has 0 aliphatic carbocycles. The Kier molecular flexibility index (Phi) is 4.65. The van der Waals surface area contributed by atoms with Gasteiger partial charge in [0.05, 0.1) is 4.92 Å². The predicted molar refractivity (Wildman–Crippen MR) is 85.2 cm³/mol. The van der Waals surface area contributed by atoms with Crippen molar-refractivity contribution in [2.24, 2.45) is 0 Å². The van der Waals surface area contributed by atoms with Crippen molar-refractivity contribution < 1.29 is 9.72 Å². The van der Waals surface area contributed by atoms with Gasteiger partial charge in [-0.1, -0.05) is 15.9 Å². The van der Waals surface area contributed by atoms with Crippen LogP contribution in [-0.4, -0.2) is 10.7 Å². The van der Waals surface area contributed by atoms with E-state index in [1.54, 1.807) is 37.3 Å². The molecule has 0 aromatic heterocycles. The molecule has 0 saturated heterocycles. The van der Waals surface area contributed by atoms with Crippen LogP contribution in [0.3, 0.4) is 0 Å². The van der Waals surface area contributed by atoms with Crippen molar-refractivity contribution in [1.82, 2.24) is 0 Å². The highest BCUT2D eigenvalue weighted by Crippen LogP contribution is 2.17. The van der Waals surface area contributed by atoms with Crippen LogP contribution in [-0.2, 0) is 0 Å². The zero-order chi connectivity index (χ0) is 15.4. The van der Waals surface area contributed by atoms with Crippen molar-refractivity contribution in [3.63, 3.8) is 0 Å². The number of carbonyl (C=O) groups excluding carboxylic acids is 1. The van der Waals surface area contributed by atoms with Crippen LogP contribution >= 0.6 is 15.9 Å². The summed E-state index contributed by atoms with van der Waals surface area (Å²) in [5, 5.41) is 10.6. The third-order valence-electron chi connectivity index (χ3n) is 2.95. The molecular weight excluding hydrogens is 334 g/mol. The van der Waals surface area contributed by atoms with E-state index in [4.69, 9.17) is 0 Å². The first-order valence-corrected chi connectivity index (χ1v) is 6.99.